The first kappa shape index (κ1) is 19.9. The molecule has 0 aliphatic heterocycles. The Kier molecular flexibility index (Phi) is 5.15. The van der Waals surface area contributed by atoms with E-state index in [1.165, 1.54) is 42.6 Å². The van der Waals surface area contributed by atoms with Crippen LogP contribution in [0.4, 0.5) is 17.6 Å². The van der Waals surface area contributed by atoms with E-state index in [2.05, 4.69) is 10.3 Å². The molecule has 4 rings (SSSR count). The number of pyridine rings is 1. The molecule has 3 aromatic rings. The van der Waals surface area contributed by atoms with Crippen molar-refractivity contribution in [3.8, 4) is 22.8 Å². The van der Waals surface area contributed by atoms with E-state index in [0.29, 0.717) is 11.1 Å². The van der Waals surface area contributed by atoms with Crippen molar-refractivity contribution in [2.45, 2.75) is 25.1 Å². The molecule has 1 fully saturated rings. The number of ether oxygens (including phenoxy) is 1. The van der Waals surface area contributed by atoms with Crippen LogP contribution >= 0.6 is 0 Å². The van der Waals surface area contributed by atoms with E-state index in [9.17, 15) is 22.4 Å². The van der Waals surface area contributed by atoms with Gasteiger partial charge in [-0.15, -0.1) is 0 Å². The summed E-state index contributed by atoms with van der Waals surface area (Å²) >= 11 is 0. The summed E-state index contributed by atoms with van der Waals surface area (Å²) in [4.78, 5) is 16.5. The molecule has 30 heavy (non-hydrogen) atoms. The lowest BCUT2D eigenvalue weighted by atomic mass is 10.0. The van der Waals surface area contributed by atoms with Crippen molar-refractivity contribution in [3.05, 3.63) is 77.7 Å². The molecule has 1 aliphatic rings. The van der Waals surface area contributed by atoms with Gasteiger partial charge in [0.15, 0.2) is 0 Å². The molecule has 1 N–H and O–H groups in total. The summed E-state index contributed by atoms with van der Waals surface area (Å²) in [5.41, 5.74) is 0.240. The molecule has 1 aromatic heterocycles. The fourth-order valence-corrected chi connectivity index (χ4v) is 2.84. The lowest BCUT2D eigenvalue weighted by molar-refractivity contribution is -0.137. The van der Waals surface area contributed by atoms with E-state index < -0.39 is 17.6 Å². The number of alkyl halides is 3. The predicted octanol–water partition coefficient (Wildman–Crippen LogP) is 5.59. The fraction of sp³-hybridized carbons (Fsp3) is 0.182. The Morgan fingerprint density at radius 1 is 1.07 bits per heavy atom. The van der Waals surface area contributed by atoms with E-state index in [0.717, 1.165) is 25.0 Å². The SMILES string of the molecule is O=C(NC1CC1)c1cnc(Oc2ccc(C(F)(F)F)cc2)c(-c2cccc(F)c2)c1. The van der Waals surface area contributed by atoms with E-state index in [4.69, 9.17) is 4.74 Å². The highest BCUT2D eigenvalue weighted by molar-refractivity contribution is 5.95. The Morgan fingerprint density at radius 3 is 2.43 bits per heavy atom. The van der Waals surface area contributed by atoms with Gasteiger partial charge >= 0.3 is 6.18 Å². The zero-order chi connectivity index (χ0) is 21.3. The predicted molar refractivity (Wildman–Crippen MR) is 102 cm³/mol. The van der Waals surface area contributed by atoms with Crippen LogP contribution in [0.5, 0.6) is 11.6 Å². The number of hydrogen-bond donors (Lipinski definition) is 1. The van der Waals surface area contributed by atoms with Gasteiger partial charge in [0.2, 0.25) is 5.88 Å². The number of rotatable bonds is 5. The van der Waals surface area contributed by atoms with Gasteiger partial charge in [0.05, 0.1) is 11.1 Å². The quantitative estimate of drug-likeness (QED) is 0.552. The summed E-state index contributed by atoms with van der Waals surface area (Å²) in [7, 11) is 0. The van der Waals surface area contributed by atoms with Crippen molar-refractivity contribution >= 4 is 5.91 Å². The lowest BCUT2D eigenvalue weighted by Crippen LogP contribution is -2.25. The zero-order valence-electron chi connectivity index (χ0n) is 15.5. The molecule has 8 heteroatoms. The van der Waals surface area contributed by atoms with E-state index in [1.54, 1.807) is 6.07 Å². The van der Waals surface area contributed by atoms with Crippen LogP contribution in [0.2, 0.25) is 0 Å². The van der Waals surface area contributed by atoms with Crippen molar-refractivity contribution < 1.29 is 27.1 Å². The second kappa shape index (κ2) is 7.78. The number of carbonyl (C=O) groups excluding carboxylic acids is 1. The van der Waals surface area contributed by atoms with Crippen LogP contribution in [-0.2, 0) is 6.18 Å². The first-order valence-electron chi connectivity index (χ1n) is 9.21. The van der Waals surface area contributed by atoms with Crippen molar-refractivity contribution in [3.63, 3.8) is 0 Å². The molecule has 0 atom stereocenters. The standard InChI is InChI=1S/C22H16F4N2O2/c23-16-3-1-2-13(10-16)19-11-14(20(29)28-17-6-7-17)12-27-21(19)30-18-8-4-15(5-9-18)22(24,25)26/h1-5,8-12,17H,6-7H2,(H,28,29). The van der Waals surface area contributed by atoms with Gasteiger partial charge in [-0.3, -0.25) is 4.79 Å². The van der Waals surface area contributed by atoms with Crippen molar-refractivity contribution in [2.24, 2.45) is 0 Å². The van der Waals surface area contributed by atoms with Crippen LogP contribution in [-0.4, -0.2) is 16.9 Å². The molecule has 1 heterocycles. The number of nitrogens with zero attached hydrogens (tertiary/aromatic N) is 1. The minimum atomic E-state index is -4.46. The average Bonchev–Trinajstić information content (AvgIpc) is 3.52. The van der Waals surface area contributed by atoms with E-state index >= 15 is 0 Å². The van der Waals surface area contributed by atoms with Crippen LogP contribution in [0.15, 0.2) is 60.8 Å². The average molecular weight is 416 g/mol. The highest BCUT2D eigenvalue weighted by Gasteiger charge is 2.30. The van der Waals surface area contributed by atoms with Gasteiger partial charge in [0.25, 0.3) is 5.91 Å². The summed E-state index contributed by atoms with van der Waals surface area (Å²) in [6, 6.07) is 11.5. The Balaban J connectivity index is 1.68. The van der Waals surface area contributed by atoms with Crippen LogP contribution in [0.3, 0.4) is 0 Å². The second-order valence-corrected chi connectivity index (χ2v) is 6.96. The monoisotopic (exact) mass is 416 g/mol. The summed E-state index contributed by atoms with van der Waals surface area (Å²) in [6.45, 7) is 0. The zero-order valence-corrected chi connectivity index (χ0v) is 15.5. The Labute approximate surface area is 169 Å². The first-order chi connectivity index (χ1) is 14.3. The van der Waals surface area contributed by atoms with Crippen LogP contribution < -0.4 is 10.1 Å². The van der Waals surface area contributed by atoms with Gasteiger partial charge in [0.1, 0.15) is 11.6 Å². The number of hydrogen-bond acceptors (Lipinski definition) is 3. The van der Waals surface area contributed by atoms with Gasteiger partial charge in [-0.25, -0.2) is 9.37 Å². The van der Waals surface area contributed by atoms with Crippen molar-refractivity contribution in [2.75, 3.05) is 0 Å². The Bertz CT molecular complexity index is 1080. The van der Waals surface area contributed by atoms with Gasteiger partial charge in [-0.2, -0.15) is 13.2 Å². The largest absolute Gasteiger partial charge is 0.438 e. The highest BCUT2D eigenvalue weighted by Crippen LogP contribution is 2.35. The molecule has 154 valence electrons. The molecule has 1 aliphatic carbocycles. The maximum atomic E-state index is 13.8. The molecule has 0 bridgehead atoms. The number of halogens is 4. The number of amides is 1. The molecular weight excluding hydrogens is 400 g/mol. The summed E-state index contributed by atoms with van der Waals surface area (Å²) < 4.78 is 57.7. The lowest BCUT2D eigenvalue weighted by Gasteiger charge is -2.13. The Hall–Kier alpha value is -3.42. The van der Waals surface area contributed by atoms with Crippen LogP contribution in [0.25, 0.3) is 11.1 Å². The molecule has 0 saturated heterocycles. The number of benzene rings is 2. The maximum absolute atomic E-state index is 13.8. The molecule has 0 spiro atoms. The molecular formula is C22H16F4N2O2. The van der Waals surface area contributed by atoms with Crippen molar-refractivity contribution in [1.82, 2.24) is 10.3 Å². The van der Waals surface area contributed by atoms with Crippen molar-refractivity contribution in [1.29, 1.82) is 0 Å². The van der Waals surface area contributed by atoms with E-state index in [-0.39, 0.29) is 29.1 Å². The van der Waals surface area contributed by atoms with Gasteiger partial charge in [-0.05, 0) is 60.9 Å². The number of aromatic nitrogens is 1. The van der Waals surface area contributed by atoms with Crippen LogP contribution in [0, 0.1) is 5.82 Å². The maximum Gasteiger partial charge on any atom is 0.416 e. The third-order valence-electron chi connectivity index (χ3n) is 4.56. The molecule has 1 amide bonds. The highest BCUT2D eigenvalue weighted by atomic mass is 19.4. The smallest absolute Gasteiger partial charge is 0.416 e. The first-order valence-corrected chi connectivity index (χ1v) is 9.21. The van der Waals surface area contributed by atoms with Gasteiger partial charge < -0.3 is 10.1 Å². The Morgan fingerprint density at radius 2 is 1.80 bits per heavy atom. The minimum absolute atomic E-state index is 0.0448. The summed E-state index contributed by atoms with van der Waals surface area (Å²) in [5.74, 6) is -0.615. The molecule has 1 saturated carbocycles. The third-order valence-corrected chi connectivity index (χ3v) is 4.56. The van der Waals surface area contributed by atoms with Crippen LogP contribution in [0.1, 0.15) is 28.8 Å². The normalized spacial score (nSPS) is 13.7. The van der Waals surface area contributed by atoms with Gasteiger partial charge in [0, 0.05) is 17.8 Å². The number of carbonyl (C=O) groups is 1. The second-order valence-electron chi connectivity index (χ2n) is 6.96. The molecule has 4 nitrogen and oxygen atoms in total. The molecule has 0 unspecified atom stereocenters. The summed E-state index contributed by atoms with van der Waals surface area (Å²) in [5, 5.41) is 2.85. The number of nitrogens with one attached hydrogen (secondary N) is 1. The fourth-order valence-electron chi connectivity index (χ4n) is 2.84. The minimum Gasteiger partial charge on any atom is -0.438 e. The molecule has 2 aromatic carbocycles. The van der Waals surface area contributed by atoms with Gasteiger partial charge in [-0.1, -0.05) is 12.1 Å². The molecule has 0 radical (unpaired) electrons. The van der Waals surface area contributed by atoms with E-state index in [1.807, 2.05) is 0 Å². The summed E-state index contributed by atoms with van der Waals surface area (Å²) in [6.07, 6.45) is -1.30. The third kappa shape index (κ3) is 4.59. The topological polar surface area (TPSA) is 51.2 Å².